The summed E-state index contributed by atoms with van der Waals surface area (Å²) in [5.74, 6) is 1.54. The molecule has 24 heavy (non-hydrogen) atoms. The van der Waals surface area contributed by atoms with Gasteiger partial charge >= 0.3 is 0 Å². The van der Waals surface area contributed by atoms with E-state index in [0.717, 1.165) is 44.3 Å². The summed E-state index contributed by atoms with van der Waals surface area (Å²) in [5.41, 5.74) is 0. The zero-order valence-corrected chi connectivity index (χ0v) is 15.4. The van der Waals surface area contributed by atoms with Crippen LogP contribution in [0, 0.1) is 0 Å². The lowest BCUT2D eigenvalue weighted by molar-refractivity contribution is -0.132. The van der Waals surface area contributed by atoms with Gasteiger partial charge in [-0.15, -0.1) is 0 Å². The van der Waals surface area contributed by atoms with E-state index >= 15 is 0 Å². The Kier molecular flexibility index (Phi) is 6.79. The molecule has 0 radical (unpaired) electrons. The molecule has 0 saturated carbocycles. The van der Waals surface area contributed by atoms with Gasteiger partial charge in [0.25, 0.3) is 0 Å². The first-order valence-corrected chi connectivity index (χ1v) is 10.5. The predicted molar refractivity (Wildman–Crippen MR) is 93.2 cm³/mol. The van der Waals surface area contributed by atoms with Crippen LogP contribution in [0.3, 0.4) is 0 Å². The molecule has 1 fully saturated rings. The number of rotatable bonds is 8. The van der Waals surface area contributed by atoms with Crippen molar-refractivity contribution in [2.45, 2.75) is 51.5 Å². The average Bonchev–Trinajstić information content (AvgIpc) is 3.00. The van der Waals surface area contributed by atoms with Gasteiger partial charge in [0.2, 0.25) is 15.9 Å². The highest BCUT2D eigenvalue weighted by molar-refractivity contribution is 7.88. The van der Waals surface area contributed by atoms with E-state index in [4.69, 9.17) is 0 Å². The Hall–Kier alpha value is -1.41. The number of nitrogens with zero attached hydrogens (tertiary/aromatic N) is 3. The number of sulfonamides is 1. The van der Waals surface area contributed by atoms with Crippen molar-refractivity contribution in [2.75, 3.05) is 25.9 Å². The average molecular weight is 356 g/mol. The van der Waals surface area contributed by atoms with Crippen molar-refractivity contribution in [1.29, 1.82) is 0 Å². The molecule has 7 nitrogen and oxygen atoms in total. The summed E-state index contributed by atoms with van der Waals surface area (Å²) in [7, 11) is -3.23. The Labute approximate surface area is 144 Å². The molecule has 0 bridgehead atoms. The third-order valence-corrected chi connectivity index (χ3v) is 5.14. The normalized spacial score (nSPS) is 16.5. The van der Waals surface area contributed by atoms with Crippen molar-refractivity contribution in [3.05, 3.63) is 18.2 Å². The van der Waals surface area contributed by atoms with Crippen LogP contribution in [0.1, 0.15) is 50.8 Å². The molecule has 0 aromatic carbocycles. The van der Waals surface area contributed by atoms with Gasteiger partial charge in [-0.2, -0.15) is 0 Å². The first-order valence-electron chi connectivity index (χ1n) is 8.64. The molecule has 1 amide bonds. The summed E-state index contributed by atoms with van der Waals surface area (Å²) in [6.07, 6.45) is 9.34. The molecule has 1 N–H and O–H groups in total. The minimum absolute atomic E-state index is 0.0129. The summed E-state index contributed by atoms with van der Waals surface area (Å²) in [6.45, 7) is 4.77. The zero-order valence-electron chi connectivity index (χ0n) is 14.6. The van der Waals surface area contributed by atoms with E-state index < -0.39 is 10.0 Å². The number of likely N-dealkylation sites (tertiary alicyclic amines) is 1. The molecular weight excluding hydrogens is 328 g/mol. The van der Waals surface area contributed by atoms with E-state index in [9.17, 15) is 13.2 Å². The van der Waals surface area contributed by atoms with E-state index in [-0.39, 0.29) is 18.9 Å². The lowest BCUT2D eigenvalue weighted by atomic mass is 9.95. The standard InChI is InChI=1S/C16H28N4O3S/c1-3-4-10-20-13-9-17-16(20)14-6-11-19(12-7-14)15(21)5-8-18-24(2,22)23/h9,13-14,18H,3-8,10-12H2,1-2H3. The Morgan fingerprint density at radius 3 is 2.71 bits per heavy atom. The van der Waals surface area contributed by atoms with Crippen molar-refractivity contribution in [1.82, 2.24) is 19.2 Å². The second-order valence-electron chi connectivity index (χ2n) is 6.40. The molecule has 0 aliphatic carbocycles. The molecule has 0 unspecified atom stereocenters. The van der Waals surface area contributed by atoms with Crippen molar-refractivity contribution in [2.24, 2.45) is 0 Å². The number of piperidine rings is 1. The van der Waals surface area contributed by atoms with Gasteiger partial charge in [0.15, 0.2) is 0 Å². The molecule has 2 heterocycles. The predicted octanol–water partition coefficient (Wildman–Crippen LogP) is 1.33. The lowest BCUT2D eigenvalue weighted by Gasteiger charge is -2.32. The highest BCUT2D eigenvalue weighted by Crippen LogP contribution is 2.27. The van der Waals surface area contributed by atoms with Crippen LogP contribution in [0.2, 0.25) is 0 Å². The second-order valence-corrected chi connectivity index (χ2v) is 8.24. The SMILES string of the molecule is CCCCn1ccnc1C1CCN(C(=O)CCNS(C)(=O)=O)CC1. The van der Waals surface area contributed by atoms with Crippen LogP contribution in [0.15, 0.2) is 12.4 Å². The maximum absolute atomic E-state index is 12.2. The number of carbonyl (C=O) groups excluding carboxylic acids is 1. The second kappa shape index (κ2) is 8.62. The highest BCUT2D eigenvalue weighted by atomic mass is 32.2. The number of hydrogen-bond donors (Lipinski definition) is 1. The monoisotopic (exact) mass is 356 g/mol. The number of carbonyl (C=O) groups is 1. The third kappa shape index (κ3) is 5.59. The number of nitrogens with one attached hydrogen (secondary N) is 1. The number of amides is 1. The zero-order chi connectivity index (χ0) is 17.6. The number of aryl methyl sites for hydroxylation is 1. The number of imidazole rings is 1. The number of aromatic nitrogens is 2. The van der Waals surface area contributed by atoms with Crippen LogP contribution in [-0.4, -0.2) is 54.7 Å². The number of hydrogen-bond acceptors (Lipinski definition) is 4. The fourth-order valence-corrected chi connectivity index (χ4v) is 3.56. The molecule has 1 aromatic rings. The molecule has 1 saturated heterocycles. The van der Waals surface area contributed by atoms with Crippen LogP contribution in [-0.2, 0) is 21.4 Å². The van der Waals surface area contributed by atoms with Gasteiger partial charge in [0.1, 0.15) is 5.82 Å². The van der Waals surface area contributed by atoms with E-state index in [1.54, 1.807) is 0 Å². The molecule has 2 rings (SSSR count). The van der Waals surface area contributed by atoms with Gasteiger partial charge in [-0.05, 0) is 19.3 Å². The van der Waals surface area contributed by atoms with Crippen molar-refractivity contribution < 1.29 is 13.2 Å². The van der Waals surface area contributed by atoms with Crippen LogP contribution >= 0.6 is 0 Å². The number of unbranched alkanes of at least 4 members (excludes halogenated alkanes) is 1. The molecule has 0 spiro atoms. The van der Waals surface area contributed by atoms with E-state index in [1.807, 2.05) is 17.3 Å². The lowest BCUT2D eigenvalue weighted by Crippen LogP contribution is -2.39. The van der Waals surface area contributed by atoms with Crippen molar-refractivity contribution in [3.63, 3.8) is 0 Å². The quantitative estimate of drug-likeness (QED) is 0.761. The van der Waals surface area contributed by atoms with Gasteiger partial charge in [-0.3, -0.25) is 4.79 Å². The van der Waals surface area contributed by atoms with Crippen molar-refractivity contribution in [3.8, 4) is 0 Å². The molecule has 0 atom stereocenters. The maximum Gasteiger partial charge on any atom is 0.223 e. The summed E-state index contributed by atoms with van der Waals surface area (Å²) < 4.78 is 26.6. The summed E-state index contributed by atoms with van der Waals surface area (Å²) >= 11 is 0. The molecule has 1 aliphatic heterocycles. The Bertz CT molecular complexity index is 634. The Morgan fingerprint density at radius 2 is 2.08 bits per heavy atom. The third-order valence-electron chi connectivity index (χ3n) is 4.42. The topological polar surface area (TPSA) is 84.3 Å². The largest absolute Gasteiger partial charge is 0.343 e. The van der Waals surface area contributed by atoms with E-state index in [1.165, 1.54) is 0 Å². The van der Waals surface area contributed by atoms with Crippen LogP contribution in [0.5, 0.6) is 0 Å². The van der Waals surface area contributed by atoms with Gasteiger partial charge in [0.05, 0.1) is 6.26 Å². The summed E-state index contributed by atoms with van der Waals surface area (Å²) in [4.78, 5) is 18.5. The maximum atomic E-state index is 12.2. The smallest absolute Gasteiger partial charge is 0.223 e. The van der Waals surface area contributed by atoms with Crippen molar-refractivity contribution >= 4 is 15.9 Å². The fraction of sp³-hybridized carbons (Fsp3) is 0.750. The first-order chi connectivity index (χ1) is 11.4. The highest BCUT2D eigenvalue weighted by Gasteiger charge is 2.26. The minimum Gasteiger partial charge on any atom is -0.343 e. The van der Waals surface area contributed by atoms with Crippen LogP contribution in [0.25, 0.3) is 0 Å². The minimum atomic E-state index is -3.23. The van der Waals surface area contributed by atoms with Gasteiger partial charge in [-0.25, -0.2) is 18.1 Å². The van der Waals surface area contributed by atoms with E-state index in [0.29, 0.717) is 19.0 Å². The molecule has 1 aliphatic rings. The fourth-order valence-electron chi connectivity index (χ4n) is 3.09. The summed E-state index contributed by atoms with van der Waals surface area (Å²) in [5, 5.41) is 0. The van der Waals surface area contributed by atoms with Gasteiger partial charge < -0.3 is 9.47 Å². The first kappa shape index (κ1) is 18.9. The van der Waals surface area contributed by atoms with Crippen LogP contribution < -0.4 is 4.72 Å². The summed E-state index contributed by atoms with van der Waals surface area (Å²) in [6, 6.07) is 0. The Morgan fingerprint density at radius 1 is 1.38 bits per heavy atom. The molecule has 136 valence electrons. The van der Waals surface area contributed by atoms with Gasteiger partial charge in [0, 0.05) is 50.9 Å². The van der Waals surface area contributed by atoms with E-state index in [2.05, 4.69) is 21.2 Å². The molecular formula is C16H28N4O3S. The molecule has 1 aromatic heterocycles. The molecule has 8 heteroatoms. The van der Waals surface area contributed by atoms with Crippen LogP contribution in [0.4, 0.5) is 0 Å². The van der Waals surface area contributed by atoms with Gasteiger partial charge in [-0.1, -0.05) is 13.3 Å². The Balaban J connectivity index is 1.81.